The number of hydrogen-bond acceptors (Lipinski definition) is 3. The van der Waals surface area contributed by atoms with Gasteiger partial charge in [-0.15, -0.1) is 12.4 Å². The lowest BCUT2D eigenvalue weighted by Crippen LogP contribution is -2.48. The van der Waals surface area contributed by atoms with Crippen molar-refractivity contribution in [3.05, 3.63) is 34.9 Å². The molecule has 4 unspecified atom stereocenters. The van der Waals surface area contributed by atoms with Crippen LogP contribution in [0.15, 0.2) is 24.3 Å². The van der Waals surface area contributed by atoms with Crippen molar-refractivity contribution >= 4 is 35.8 Å². The number of carbonyl (C=O) groups is 2. The Bertz CT molecular complexity index is 695. The third-order valence-electron chi connectivity index (χ3n) is 6.45. The van der Waals surface area contributed by atoms with E-state index in [2.05, 4.69) is 0 Å². The predicted molar refractivity (Wildman–Crippen MR) is 108 cm³/mol. The van der Waals surface area contributed by atoms with Crippen LogP contribution in [-0.2, 0) is 4.79 Å². The first-order valence-corrected chi connectivity index (χ1v) is 10.0. The minimum absolute atomic E-state index is 0. The number of carbonyl (C=O) groups excluding carboxylic acids is 2. The van der Waals surface area contributed by atoms with Gasteiger partial charge in [-0.3, -0.25) is 9.59 Å². The van der Waals surface area contributed by atoms with E-state index in [1.165, 1.54) is 6.42 Å². The normalized spacial score (nSPS) is 30.0. The van der Waals surface area contributed by atoms with Gasteiger partial charge in [-0.25, -0.2) is 0 Å². The fourth-order valence-corrected chi connectivity index (χ4v) is 5.16. The van der Waals surface area contributed by atoms with E-state index in [-0.39, 0.29) is 36.2 Å². The molecular weight excluding hydrogens is 385 g/mol. The summed E-state index contributed by atoms with van der Waals surface area (Å²) in [6.45, 7) is 2.56. The Morgan fingerprint density at radius 2 is 1.59 bits per heavy atom. The van der Waals surface area contributed by atoms with Crippen molar-refractivity contribution in [3.63, 3.8) is 0 Å². The van der Waals surface area contributed by atoms with Gasteiger partial charge in [0.2, 0.25) is 5.91 Å². The molecular formula is C20H27Cl2N3O2. The number of benzene rings is 1. The van der Waals surface area contributed by atoms with Crippen LogP contribution in [0, 0.1) is 17.8 Å². The van der Waals surface area contributed by atoms with E-state index in [9.17, 15) is 9.59 Å². The van der Waals surface area contributed by atoms with E-state index in [0.29, 0.717) is 48.6 Å². The Balaban J connectivity index is 0.00000210. The molecule has 2 saturated carbocycles. The molecule has 2 amide bonds. The van der Waals surface area contributed by atoms with Crippen LogP contribution in [0.25, 0.3) is 0 Å². The molecule has 2 N–H and O–H groups in total. The van der Waals surface area contributed by atoms with Crippen molar-refractivity contribution in [2.24, 2.45) is 23.5 Å². The molecule has 3 aliphatic rings. The second-order valence-corrected chi connectivity index (χ2v) is 8.35. The molecule has 2 bridgehead atoms. The minimum atomic E-state index is -0.00716. The first-order chi connectivity index (χ1) is 12.5. The molecule has 3 fully saturated rings. The van der Waals surface area contributed by atoms with Gasteiger partial charge in [-0.05, 0) is 61.8 Å². The monoisotopic (exact) mass is 411 g/mol. The van der Waals surface area contributed by atoms with Crippen molar-refractivity contribution in [2.75, 3.05) is 26.2 Å². The summed E-state index contributed by atoms with van der Waals surface area (Å²) in [7, 11) is 0. The molecule has 27 heavy (non-hydrogen) atoms. The van der Waals surface area contributed by atoms with Crippen molar-refractivity contribution in [1.82, 2.24) is 9.80 Å². The van der Waals surface area contributed by atoms with E-state index in [4.69, 9.17) is 17.3 Å². The van der Waals surface area contributed by atoms with Crippen LogP contribution in [0.2, 0.25) is 5.02 Å². The van der Waals surface area contributed by atoms with Gasteiger partial charge in [0.15, 0.2) is 0 Å². The van der Waals surface area contributed by atoms with E-state index in [1.807, 2.05) is 9.80 Å². The van der Waals surface area contributed by atoms with Crippen LogP contribution in [0.4, 0.5) is 0 Å². The number of halogens is 2. The van der Waals surface area contributed by atoms with Gasteiger partial charge in [0.05, 0.1) is 5.92 Å². The van der Waals surface area contributed by atoms with Crippen LogP contribution in [0.1, 0.15) is 36.0 Å². The highest BCUT2D eigenvalue weighted by atomic mass is 35.5. The largest absolute Gasteiger partial charge is 0.341 e. The molecule has 2 aliphatic carbocycles. The summed E-state index contributed by atoms with van der Waals surface area (Å²) in [5, 5.41) is 0.622. The van der Waals surface area contributed by atoms with Crippen molar-refractivity contribution in [2.45, 2.75) is 31.7 Å². The minimum Gasteiger partial charge on any atom is -0.341 e. The summed E-state index contributed by atoms with van der Waals surface area (Å²) in [5.41, 5.74) is 6.99. The number of amides is 2. The highest BCUT2D eigenvalue weighted by molar-refractivity contribution is 6.30. The van der Waals surface area contributed by atoms with Crippen LogP contribution >= 0.6 is 24.0 Å². The third kappa shape index (κ3) is 3.96. The van der Waals surface area contributed by atoms with Crippen LogP contribution < -0.4 is 5.73 Å². The molecule has 1 heterocycles. The summed E-state index contributed by atoms with van der Waals surface area (Å²) in [4.78, 5) is 29.6. The molecule has 0 aromatic heterocycles. The third-order valence-corrected chi connectivity index (χ3v) is 6.70. The van der Waals surface area contributed by atoms with Crippen LogP contribution in [0.3, 0.4) is 0 Å². The van der Waals surface area contributed by atoms with E-state index < -0.39 is 0 Å². The molecule has 1 aromatic carbocycles. The summed E-state index contributed by atoms with van der Waals surface area (Å²) < 4.78 is 0. The van der Waals surface area contributed by atoms with Gasteiger partial charge in [0.1, 0.15) is 0 Å². The molecule has 0 radical (unpaired) electrons. The van der Waals surface area contributed by atoms with Gasteiger partial charge in [0, 0.05) is 42.8 Å². The lowest BCUT2D eigenvalue weighted by atomic mass is 9.84. The number of fused-ring (bicyclic) bond motifs is 2. The first-order valence-electron chi connectivity index (χ1n) is 9.64. The molecule has 1 aliphatic heterocycles. The zero-order valence-corrected chi connectivity index (χ0v) is 16.9. The molecule has 148 valence electrons. The zero-order chi connectivity index (χ0) is 18.3. The van der Waals surface area contributed by atoms with Gasteiger partial charge in [0.25, 0.3) is 5.91 Å². The lowest BCUT2D eigenvalue weighted by Gasteiger charge is -2.32. The highest BCUT2D eigenvalue weighted by Crippen LogP contribution is 2.48. The fraction of sp³-hybridized carbons (Fsp3) is 0.600. The Morgan fingerprint density at radius 1 is 0.963 bits per heavy atom. The average Bonchev–Trinajstić information content (AvgIpc) is 3.14. The van der Waals surface area contributed by atoms with Gasteiger partial charge < -0.3 is 15.5 Å². The van der Waals surface area contributed by atoms with Gasteiger partial charge in [-0.1, -0.05) is 11.6 Å². The number of hydrogen-bond donors (Lipinski definition) is 1. The Hall–Kier alpha value is -1.30. The SMILES string of the molecule is Cl.NC1C2CCC(C2)C1C(=O)N1CCCN(C(=O)c2ccc(Cl)cc2)CC1. The van der Waals surface area contributed by atoms with Gasteiger partial charge in [-0.2, -0.15) is 0 Å². The number of rotatable bonds is 2. The summed E-state index contributed by atoms with van der Waals surface area (Å²) >= 11 is 5.90. The van der Waals surface area contributed by atoms with Crippen LogP contribution in [-0.4, -0.2) is 53.8 Å². The molecule has 1 saturated heterocycles. The molecule has 4 atom stereocenters. The molecule has 1 aromatic rings. The van der Waals surface area contributed by atoms with Crippen molar-refractivity contribution < 1.29 is 9.59 Å². The molecule has 0 spiro atoms. The Labute approximate surface area is 171 Å². The van der Waals surface area contributed by atoms with E-state index >= 15 is 0 Å². The molecule has 4 rings (SSSR count). The lowest BCUT2D eigenvalue weighted by molar-refractivity contribution is -0.137. The second kappa shape index (κ2) is 8.38. The predicted octanol–water partition coefficient (Wildman–Crippen LogP) is 2.81. The van der Waals surface area contributed by atoms with E-state index in [0.717, 1.165) is 19.3 Å². The highest BCUT2D eigenvalue weighted by Gasteiger charge is 2.50. The van der Waals surface area contributed by atoms with Crippen LogP contribution in [0.5, 0.6) is 0 Å². The standard InChI is InChI=1S/C20H26ClN3O2.ClH/c21-16-6-4-13(5-7-16)19(25)23-8-1-9-24(11-10-23)20(26)17-14-2-3-15(12-14)18(17)22;/h4-7,14-15,17-18H,1-3,8-12,22H2;1H. The summed E-state index contributed by atoms with van der Waals surface area (Å²) in [6, 6.07) is 7.01. The Kier molecular flexibility index (Phi) is 6.34. The maximum Gasteiger partial charge on any atom is 0.253 e. The Morgan fingerprint density at radius 3 is 2.26 bits per heavy atom. The maximum atomic E-state index is 13.1. The number of nitrogens with zero attached hydrogens (tertiary/aromatic N) is 2. The smallest absolute Gasteiger partial charge is 0.253 e. The second-order valence-electron chi connectivity index (χ2n) is 7.91. The van der Waals surface area contributed by atoms with Crippen molar-refractivity contribution in [1.29, 1.82) is 0 Å². The molecule has 5 nitrogen and oxygen atoms in total. The molecule has 7 heteroatoms. The van der Waals surface area contributed by atoms with Gasteiger partial charge >= 0.3 is 0 Å². The summed E-state index contributed by atoms with van der Waals surface area (Å²) in [5.74, 6) is 1.21. The maximum absolute atomic E-state index is 13.1. The number of nitrogens with two attached hydrogens (primary N) is 1. The fourth-order valence-electron chi connectivity index (χ4n) is 5.03. The van der Waals surface area contributed by atoms with E-state index in [1.54, 1.807) is 24.3 Å². The van der Waals surface area contributed by atoms with Crippen molar-refractivity contribution in [3.8, 4) is 0 Å². The quantitative estimate of drug-likeness (QED) is 0.813. The topological polar surface area (TPSA) is 66.6 Å². The first kappa shape index (κ1) is 20.4. The average molecular weight is 412 g/mol. The summed E-state index contributed by atoms with van der Waals surface area (Å²) in [6.07, 6.45) is 4.25. The zero-order valence-electron chi connectivity index (χ0n) is 15.4.